The monoisotopic (exact) mass is 269 g/mol. The first-order valence-electron chi connectivity index (χ1n) is 6.27. The van der Waals surface area contributed by atoms with Crippen LogP contribution in [0.2, 0.25) is 0 Å². The first kappa shape index (κ1) is 13.8. The summed E-state index contributed by atoms with van der Waals surface area (Å²) in [6.07, 6.45) is 0.755. The fraction of sp³-hybridized carbons (Fsp3) is 0.727. The summed E-state index contributed by atoms with van der Waals surface area (Å²) in [7, 11) is 1.67. The maximum atomic E-state index is 11.1. The first-order valence-corrected chi connectivity index (χ1v) is 6.27. The average molecular weight is 269 g/mol. The summed E-state index contributed by atoms with van der Waals surface area (Å²) >= 11 is 0. The van der Waals surface area contributed by atoms with Crippen LogP contribution in [0.3, 0.4) is 0 Å². The van der Waals surface area contributed by atoms with Gasteiger partial charge in [0.05, 0.1) is 17.1 Å². The van der Waals surface area contributed by atoms with Crippen molar-refractivity contribution in [3.63, 3.8) is 0 Å². The molecule has 19 heavy (non-hydrogen) atoms. The van der Waals surface area contributed by atoms with Crippen LogP contribution in [0, 0.1) is 17.0 Å². The Bertz CT molecular complexity index is 485. The molecule has 0 radical (unpaired) electrons. The average Bonchev–Trinajstić information content (AvgIpc) is 2.60. The largest absolute Gasteiger partial charge is 0.376 e. The molecule has 3 atom stereocenters. The van der Waals surface area contributed by atoms with E-state index >= 15 is 0 Å². The summed E-state index contributed by atoms with van der Waals surface area (Å²) in [6.45, 7) is 4.13. The second kappa shape index (κ2) is 5.14. The van der Waals surface area contributed by atoms with Gasteiger partial charge in [-0.3, -0.25) is 10.1 Å². The molecule has 2 rings (SSSR count). The molecule has 1 saturated carbocycles. The van der Waals surface area contributed by atoms with E-state index in [0.29, 0.717) is 18.1 Å². The summed E-state index contributed by atoms with van der Waals surface area (Å²) in [5, 5.41) is 18.3. The Balaban J connectivity index is 2.21. The molecular formula is C11H19N5O3. The van der Waals surface area contributed by atoms with Crippen LogP contribution in [0.1, 0.15) is 19.0 Å². The van der Waals surface area contributed by atoms with Crippen LogP contribution in [0.5, 0.6) is 0 Å². The lowest BCUT2D eigenvalue weighted by molar-refractivity contribution is -0.384. The number of hydrogen-bond donors (Lipinski definition) is 2. The number of nitrogens with one attached hydrogen (secondary N) is 1. The number of aryl methyl sites for hydroxylation is 2. The molecule has 3 unspecified atom stereocenters. The summed E-state index contributed by atoms with van der Waals surface area (Å²) in [4.78, 5) is 10.7. The maximum absolute atomic E-state index is 11.1. The number of nitrogens with zero attached hydrogens (tertiary/aromatic N) is 3. The minimum atomic E-state index is -0.426. The summed E-state index contributed by atoms with van der Waals surface area (Å²) in [6, 6.07) is -0.181. The first-order chi connectivity index (χ1) is 8.95. The molecule has 0 spiro atoms. The Morgan fingerprint density at radius 2 is 2.37 bits per heavy atom. The third-order valence-electron chi connectivity index (χ3n) is 3.42. The molecule has 1 aromatic heterocycles. The molecule has 3 N–H and O–H groups in total. The summed E-state index contributed by atoms with van der Waals surface area (Å²) < 4.78 is 7.01. The molecule has 0 saturated heterocycles. The predicted octanol–water partition coefficient (Wildman–Crippen LogP) is 0.553. The summed E-state index contributed by atoms with van der Waals surface area (Å²) in [5.41, 5.74) is 6.31. The smallest absolute Gasteiger partial charge is 0.333 e. The Labute approximate surface area is 111 Å². The van der Waals surface area contributed by atoms with Gasteiger partial charge in [0.15, 0.2) is 0 Å². The van der Waals surface area contributed by atoms with Crippen LogP contribution in [-0.4, -0.2) is 39.5 Å². The molecule has 1 aromatic rings. The highest BCUT2D eigenvalue weighted by atomic mass is 16.6. The van der Waals surface area contributed by atoms with Gasteiger partial charge in [-0.15, -0.1) is 0 Å². The van der Waals surface area contributed by atoms with Gasteiger partial charge in [-0.1, -0.05) is 0 Å². The molecule has 1 aliphatic carbocycles. The lowest BCUT2D eigenvalue weighted by atomic mass is 9.83. The number of aromatic nitrogens is 2. The Morgan fingerprint density at radius 3 is 2.89 bits per heavy atom. The zero-order valence-electron chi connectivity index (χ0n) is 11.3. The van der Waals surface area contributed by atoms with Crippen molar-refractivity contribution >= 4 is 11.5 Å². The Kier molecular flexibility index (Phi) is 3.72. The van der Waals surface area contributed by atoms with Crippen LogP contribution < -0.4 is 11.1 Å². The predicted molar refractivity (Wildman–Crippen MR) is 70.0 cm³/mol. The van der Waals surface area contributed by atoms with Crippen LogP contribution >= 0.6 is 0 Å². The van der Waals surface area contributed by atoms with E-state index in [4.69, 9.17) is 10.5 Å². The van der Waals surface area contributed by atoms with Gasteiger partial charge in [0.2, 0.25) is 5.82 Å². The molecule has 0 amide bonds. The summed E-state index contributed by atoms with van der Waals surface area (Å²) in [5.74, 6) is 0.382. The van der Waals surface area contributed by atoms with Crippen molar-refractivity contribution in [1.29, 1.82) is 0 Å². The fourth-order valence-electron chi connectivity index (χ4n) is 2.41. The minimum absolute atomic E-state index is 0.00292. The van der Waals surface area contributed by atoms with E-state index < -0.39 is 4.92 Å². The van der Waals surface area contributed by atoms with Crippen molar-refractivity contribution in [2.45, 2.75) is 38.5 Å². The van der Waals surface area contributed by atoms with Crippen molar-refractivity contribution in [2.75, 3.05) is 11.9 Å². The van der Waals surface area contributed by atoms with Crippen molar-refractivity contribution < 1.29 is 9.66 Å². The molecule has 1 fully saturated rings. The van der Waals surface area contributed by atoms with Gasteiger partial charge in [-0.2, -0.15) is 5.10 Å². The van der Waals surface area contributed by atoms with Crippen molar-refractivity contribution in [2.24, 2.45) is 12.8 Å². The molecule has 1 aliphatic rings. The van der Waals surface area contributed by atoms with E-state index in [1.165, 1.54) is 4.68 Å². The van der Waals surface area contributed by atoms with E-state index in [1.807, 2.05) is 6.92 Å². The van der Waals surface area contributed by atoms with Crippen LogP contribution in [0.15, 0.2) is 0 Å². The van der Waals surface area contributed by atoms with E-state index in [9.17, 15) is 10.1 Å². The van der Waals surface area contributed by atoms with Gasteiger partial charge < -0.3 is 15.8 Å². The number of nitrogens with two attached hydrogens (primary N) is 1. The second-order valence-electron chi connectivity index (χ2n) is 4.73. The topological polar surface area (TPSA) is 108 Å². The highest BCUT2D eigenvalue weighted by Crippen LogP contribution is 2.32. The molecule has 106 valence electrons. The van der Waals surface area contributed by atoms with Crippen LogP contribution in [0.25, 0.3) is 0 Å². The van der Waals surface area contributed by atoms with Gasteiger partial charge in [0, 0.05) is 19.7 Å². The number of nitro groups is 1. The van der Waals surface area contributed by atoms with E-state index in [2.05, 4.69) is 10.4 Å². The number of ether oxygens (including phenoxy) is 1. The molecule has 0 aromatic carbocycles. The van der Waals surface area contributed by atoms with Gasteiger partial charge in [-0.25, -0.2) is 4.68 Å². The Hall–Kier alpha value is -1.67. The standard InChI is InChI=1S/C11H19N5O3/c1-4-19-8-5-7(12)9(8)13-11-10(16(17)18)6(2)14-15(11)3/h7-9,13H,4-5,12H2,1-3H3. The van der Waals surface area contributed by atoms with Gasteiger partial charge in [0.1, 0.15) is 5.69 Å². The highest BCUT2D eigenvalue weighted by molar-refractivity contribution is 5.60. The van der Waals surface area contributed by atoms with Gasteiger partial charge >= 0.3 is 5.69 Å². The zero-order valence-corrected chi connectivity index (χ0v) is 11.3. The van der Waals surface area contributed by atoms with Crippen molar-refractivity contribution in [1.82, 2.24) is 9.78 Å². The van der Waals surface area contributed by atoms with Crippen LogP contribution in [0.4, 0.5) is 11.5 Å². The van der Waals surface area contributed by atoms with Gasteiger partial charge in [-0.05, 0) is 20.3 Å². The maximum Gasteiger partial charge on any atom is 0.333 e. The normalized spacial score (nSPS) is 26.0. The molecular weight excluding hydrogens is 250 g/mol. The second-order valence-corrected chi connectivity index (χ2v) is 4.73. The molecule has 1 heterocycles. The molecule has 0 aliphatic heterocycles. The van der Waals surface area contributed by atoms with Crippen molar-refractivity contribution in [3.8, 4) is 0 Å². The van der Waals surface area contributed by atoms with E-state index in [0.717, 1.165) is 6.42 Å². The van der Waals surface area contributed by atoms with Crippen molar-refractivity contribution in [3.05, 3.63) is 15.8 Å². The highest BCUT2D eigenvalue weighted by Gasteiger charge is 2.41. The van der Waals surface area contributed by atoms with Gasteiger partial charge in [0.25, 0.3) is 0 Å². The minimum Gasteiger partial charge on any atom is -0.376 e. The third kappa shape index (κ3) is 2.41. The van der Waals surface area contributed by atoms with Crippen LogP contribution in [-0.2, 0) is 11.8 Å². The van der Waals surface area contributed by atoms with E-state index in [1.54, 1.807) is 14.0 Å². The molecule has 8 heteroatoms. The van der Waals surface area contributed by atoms with E-state index in [-0.39, 0.29) is 23.9 Å². The number of anilines is 1. The number of rotatable bonds is 5. The lowest BCUT2D eigenvalue weighted by Crippen LogP contribution is -2.60. The SMILES string of the molecule is CCOC1CC(N)C1Nc1c([N+](=O)[O-])c(C)nn1C. The fourth-order valence-corrected chi connectivity index (χ4v) is 2.41. The molecule has 0 bridgehead atoms. The zero-order chi connectivity index (χ0) is 14.2. The Morgan fingerprint density at radius 1 is 1.68 bits per heavy atom. The molecule has 8 nitrogen and oxygen atoms in total. The third-order valence-corrected chi connectivity index (χ3v) is 3.42. The lowest BCUT2D eigenvalue weighted by Gasteiger charge is -2.42. The number of hydrogen-bond acceptors (Lipinski definition) is 6. The quantitative estimate of drug-likeness (QED) is 0.597.